The first-order valence-electron chi connectivity index (χ1n) is 6.28. The van der Waals surface area contributed by atoms with E-state index in [1.807, 2.05) is 6.92 Å². The van der Waals surface area contributed by atoms with Crippen LogP contribution in [0.3, 0.4) is 0 Å². The first kappa shape index (κ1) is 12.0. The highest BCUT2D eigenvalue weighted by atomic mass is 16.5. The third-order valence-corrected chi connectivity index (χ3v) is 2.83. The summed E-state index contributed by atoms with van der Waals surface area (Å²) < 4.78 is 5.45. The average molecular weight is 236 g/mol. The largest absolute Gasteiger partial charge is 0.476 e. The van der Waals surface area contributed by atoms with E-state index >= 15 is 0 Å². The Morgan fingerprint density at radius 3 is 3.00 bits per heavy atom. The number of aromatic nitrogens is 2. The number of ether oxygens (including phenoxy) is 1. The summed E-state index contributed by atoms with van der Waals surface area (Å²) in [5, 5.41) is 3.24. The van der Waals surface area contributed by atoms with E-state index in [4.69, 9.17) is 10.5 Å². The lowest BCUT2D eigenvalue weighted by molar-refractivity contribution is 0.306. The van der Waals surface area contributed by atoms with Gasteiger partial charge in [-0.1, -0.05) is 19.8 Å². The number of nitrogens with zero attached hydrogens (tertiary/aromatic N) is 2. The molecule has 1 aromatic heterocycles. The Bertz CT molecular complexity index is 366. The molecule has 5 heteroatoms. The van der Waals surface area contributed by atoms with Crippen LogP contribution in [-0.2, 0) is 0 Å². The normalized spacial score (nSPS) is 14.6. The van der Waals surface area contributed by atoms with E-state index < -0.39 is 0 Å². The van der Waals surface area contributed by atoms with Crippen molar-refractivity contribution in [1.29, 1.82) is 0 Å². The molecule has 5 nitrogen and oxygen atoms in total. The van der Waals surface area contributed by atoms with E-state index in [1.54, 1.807) is 0 Å². The molecule has 1 saturated carbocycles. The Balaban J connectivity index is 1.90. The summed E-state index contributed by atoms with van der Waals surface area (Å²) in [7, 11) is 0. The van der Waals surface area contributed by atoms with Crippen LogP contribution in [0.4, 0.5) is 11.5 Å². The van der Waals surface area contributed by atoms with Crippen molar-refractivity contribution in [3.63, 3.8) is 0 Å². The van der Waals surface area contributed by atoms with Crippen LogP contribution in [0.1, 0.15) is 32.6 Å². The minimum absolute atomic E-state index is 0.482. The zero-order valence-corrected chi connectivity index (χ0v) is 10.3. The SMILES string of the molecule is CCCOc1ncnc(NCCC2CC2)c1N. The van der Waals surface area contributed by atoms with E-state index in [1.165, 1.54) is 25.6 Å². The summed E-state index contributed by atoms with van der Waals surface area (Å²) in [6.07, 6.45) is 6.35. The monoisotopic (exact) mass is 236 g/mol. The molecule has 1 aliphatic rings. The molecule has 0 bridgehead atoms. The summed E-state index contributed by atoms with van der Waals surface area (Å²) in [4.78, 5) is 8.17. The fourth-order valence-electron chi connectivity index (χ4n) is 1.64. The van der Waals surface area contributed by atoms with Crippen molar-refractivity contribution >= 4 is 11.5 Å². The van der Waals surface area contributed by atoms with Gasteiger partial charge in [0.05, 0.1) is 6.61 Å². The minimum Gasteiger partial charge on any atom is -0.476 e. The molecule has 2 rings (SSSR count). The summed E-state index contributed by atoms with van der Waals surface area (Å²) >= 11 is 0. The Morgan fingerprint density at radius 1 is 1.47 bits per heavy atom. The maximum absolute atomic E-state index is 5.94. The molecule has 3 N–H and O–H groups in total. The van der Waals surface area contributed by atoms with Crippen molar-refractivity contribution in [1.82, 2.24) is 9.97 Å². The van der Waals surface area contributed by atoms with Gasteiger partial charge in [0.15, 0.2) is 5.82 Å². The van der Waals surface area contributed by atoms with Gasteiger partial charge in [0, 0.05) is 6.54 Å². The number of nitrogens with two attached hydrogens (primary N) is 1. The molecule has 1 heterocycles. The smallest absolute Gasteiger partial charge is 0.242 e. The van der Waals surface area contributed by atoms with Crippen molar-refractivity contribution in [2.75, 3.05) is 24.2 Å². The standard InChI is InChI=1S/C12H20N4O/c1-2-7-17-12-10(13)11(15-8-16-12)14-6-5-9-3-4-9/h8-9H,2-7,13H2,1H3,(H,14,15,16). The van der Waals surface area contributed by atoms with Gasteiger partial charge in [0.2, 0.25) is 5.88 Å². The second-order valence-electron chi connectivity index (χ2n) is 4.45. The number of nitrogen functional groups attached to an aromatic ring is 1. The predicted octanol–water partition coefficient (Wildman–Crippen LogP) is 2.06. The summed E-state index contributed by atoms with van der Waals surface area (Å²) in [5.41, 5.74) is 6.45. The van der Waals surface area contributed by atoms with Gasteiger partial charge in [-0.05, 0) is 18.8 Å². The van der Waals surface area contributed by atoms with Crippen LogP contribution in [0.2, 0.25) is 0 Å². The maximum Gasteiger partial charge on any atom is 0.242 e. The van der Waals surface area contributed by atoms with Crippen molar-refractivity contribution in [3.05, 3.63) is 6.33 Å². The molecule has 0 unspecified atom stereocenters. The molecule has 0 spiro atoms. The quantitative estimate of drug-likeness (QED) is 0.758. The number of hydrogen-bond donors (Lipinski definition) is 2. The third kappa shape index (κ3) is 3.47. The van der Waals surface area contributed by atoms with E-state index in [9.17, 15) is 0 Å². The lowest BCUT2D eigenvalue weighted by Crippen LogP contribution is -2.09. The lowest BCUT2D eigenvalue weighted by Gasteiger charge is -2.11. The second kappa shape index (κ2) is 5.70. The van der Waals surface area contributed by atoms with Gasteiger partial charge in [-0.15, -0.1) is 0 Å². The number of rotatable bonds is 7. The Hall–Kier alpha value is -1.52. The molecular formula is C12H20N4O. The van der Waals surface area contributed by atoms with Crippen LogP contribution < -0.4 is 15.8 Å². The van der Waals surface area contributed by atoms with Gasteiger partial charge in [-0.25, -0.2) is 4.98 Å². The first-order chi connectivity index (χ1) is 8.31. The Kier molecular flexibility index (Phi) is 4.01. The van der Waals surface area contributed by atoms with Gasteiger partial charge in [0.1, 0.15) is 12.0 Å². The number of anilines is 2. The molecule has 94 valence electrons. The zero-order valence-electron chi connectivity index (χ0n) is 10.3. The molecule has 0 saturated heterocycles. The molecule has 1 fully saturated rings. The molecular weight excluding hydrogens is 216 g/mol. The van der Waals surface area contributed by atoms with E-state index in [-0.39, 0.29) is 0 Å². The molecule has 0 amide bonds. The highest BCUT2D eigenvalue weighted by Crippen LogP contribution is 2.32. The Morgan fingerprint density at radius 2 is 2.29 bits per heavy atom. The zero-order chi connectivity index (χ0) is 12.1. The molecule has 1 aromatic rings. The van der Waals surface area contributed by atoms with Gasteiger partial charge < -0.3 is 15.8 Å². The summed E-state index contributed by atoms with van der Waals surface area (Å²) in [5.74, 6) is 2.07. The van der Waals surface area contributed by atoms with Gasteiger partial charge in [-0.3, -0.25) is 0 Å². The fourth-order valence-corrected chi connectivity index (χ4v) is 1.64. The maximum atomic E-state index is 5.94. The fraction of sp³-hybridized carbons (Fsp3) is 0.667. The highest BCUT2D eigenvalue weighted by molar-refractivity contribution is 5.66. The van der Waals surface area contributed by atoms with Crippen LogP contribution in [0.25, 0.3) is 0 Å². The van der Waals surface area contributed by atoms with Crippen LogP contribution in [0, 0.1) is 5.92 Å². The van der Waals surface area contributed by atoms with Crippen LogP contribution >= 0.6 is 0 Å². The number of hydrogen-bond acceptors (Lipinski definition) is 5. The van der Waals surface area contributed by atoms with Crippen molar-refractivity contribution in [2.24, 2.45) is 5.92 Å². The van der Waals surface area contributed by atoms with Crippen LogP contribution in [-0.4, -0.2) is 23.1 Å². The van der Waals surface area contributed by atoms with Gasteiger partial charge >= 0.3 is 0 Å². The minimum atomic E-state index is 0.482. The molecule has 1 aliphatic carbocycles. The third-order valence-electron chi connectivity index (χ3n) is 2.83. The summed E-state index contributed by atoms with van der Waals surface area (Å²) in [6, 6.07) is 0. The molecule has 0 aliphatic heterocycles. The van der Waals surface area contributed by atoms with E-state index in [2.05, 4.69) is 15.3 Å². The van der Waals surface area contributed by atoms with Crippen molar-refractivity contribution in [2.45, 2.75) is 32.6 Å². The molecule has 0 aromatic carbocycles. The molecule has 17 heavy (non-hydrogen) atoms. The van der Waals surface area contributed by atoms with Crippen LogP contribution in [0.5, 0.6) is 5.88 Å². The topological polar surface area (TPSA) is 73.1 Å². The lowest BCUT2D eigenvalue weighted by atomic mass is 10.3. The van der Waals surface area contributed by atoms with Crippen molar-refractivity contribution < 1.29 is 4.74 Å². The van der Waals surface area contributed by atoms with E-state index in [0.29, 0.717) is 24.0 Å². The van der Waals surface area contributed by atoms with Gasteiger partial charge in [-0.2, -0.15) is 4.98 Å². The average Bonchev–Trinajstić information content (AvgIpc) is 3.14. The molecule has 0 radical (unpaired) electrons. The summed E-state index contributed by atoms with van der Waals surface area (Å²) in [6.45, 7) is 3.59. The van der Waals surface area contributed by atoms with Crippen LogP contribution in [0.15, 0.2) is 6.33 Å². The molecule has 0 atom stereocenters. The van der Waals surface area contributed by atoms with Gasteiger partial charge in [0.25, 0.3) is 0 Å². The highest BCUT2D eigenvalue weighted by Gasteiger charge is 2.20. The van der Waals surface area contributed by atoms with Crippen molar-refractivity contribution in [3.8, 4) is 5.88 Å². The van der Waals surface area contributed by atoms with E-state index in [0.717, 1.165) is 18.9 Å². The first-order valence-corrected chi connectivity index (χ1v) is 6.28. The number of nitrogens with one attached hydrogen (secondary N) is 1. The predicted molar refractivity (Wildman–Crippen MR) is 68.1 cm³/mol. The second-order valence-corrected chi connectivity index (χ2v) is 4.45. The Labute approximate surface area is 102 Å².